The second-order valence-corrected chi connectivity index (χ2v) is 3.91. The van der Waals surface area contributed by atoms with Crippen molar-refractivity contribution in [1.82, 2.24) is 4.98 Å². The molecule has 0 aromatic carbocycles. The van der Waals surface area contributed by atoms with E-state index in [9.17, 15) is 9.90 Å². The van der Waals surface area contributed by atoms with E-state index in [1.54, 1.807) is 24.9 Å². The molecule has 1 N–H and O–H groups in total. The molecule has 0 aliphatic carbocycles. The first-order valence-electron chi connectivity index (χ1n) is 5.27. The summed E-state index contributed by atoms with van der Waals surface area (Å²) in [7, 11) is 1.74. The monoisotopic (exact) mass is 233 g/mol. The molecular formula is C12H15N3O2. The summed E-state index contributed by atoms with van der Waals surface area (Å²) in [6, 6.07) is 3.77. The molecule has 0 radical (unpaired) electrons. The highest BCUT2D eigenvalue weighted by molar-refractivity contribution is 5.95. The van der Waals surface area contributed by atoms with Gasteiger partial charge in [-0.2, -0.15) is 5.26 Å². The van der Waals surface area contributed by atoms with Gasteiger partial charge in [-0.15, -0.1) is 0 Å². The number of nitrogens with zero attached hydrogens (tertiary/aromatic N) is 3. The summed E-state index contributed by atoms with van der Waals surface area (Å²) in [6.45, 7) is 4.03. The van der Waals surface area contributed by atoms with Crippen LogP contribution in [0.4, 0.5) is 5.82 Å². The number of carboxylic acids is 1. The largest absolute Gasteiger partial charge is 0.478 e. The molecule has 0 spiro atoms. The summed E-state index contributed by atoms with van der Waals surface area (Å²) in [6.07, 6.45) is 0.338. The number of carboxylic acid groups (broad SMARTS) is 1. The van der Waals surface area contributed by atoms with Crippen LogP contribution in [-0.4, -0.2) is 29.7 Å². The van der Waals surface area contributed by atoms with Gasteiger partial charge in [-0.05, 0) is 25.5 Å². The van der Waals surface area contributed by atoms with Gasteiger partial charge in [-0.25, -0.2) is 9.78 Å². The Bertz CT molecular complexity index is 477. The summed E-state index contributed by atoms with van der Waals surface area (Å²) in [4.78, 5) is 17.1. The first-order chi connectivity index (χ1) is 7.97. The average Bonchev–Trinajstić information content (AvgIpc) is 2.23. The van der Waals surface area contributed by atoms with Gasteiger partial charge in [0.05, 0.1) is 12.5 Å². The minimum absolute atomic E-state index is 0.205. The van der Waals surface area contributed by atoms with Crippen molar-refractivity contribution in [3.8, 4) is 6.07 Å². The van der Waals surface area contributed by atoms with Crippen LogP contribution in [0.1, 0.15) is 28.0 Å². The highest BCUT2D eigenvalue weighted by Gasteiger charge is 2.18. The molecule has 0 saturated carbocycles. The number of hydrogen-bond acceptors (Lipinski definition) is 4. The van der Waals surface area contributed by atoms with Gasteiger partial charge in [0.1, 0.15) is 11.4 Å². The fourth-order valence-electron chi connectivity index (χ4n) is 1.68. The second-order valence-electron chi connectivity index (χ2n) is 3.91. The molecule has 0 aliphatic rings. The zero-order valence-corrected chi connectivity index (χ0v) is 10.2. The first kappa shape index (κ1) is 13.0. The van der Waals surface area contributed by atoms with E-state index in [0.29, 0.717) is 24.3 Å². The van der Waals surface area contributed by atoms with E-state index in [2.05, 4.69) is 4.98 Å². The Morgan fingerprint density at radius 3 is 2.76 bits per heavy atom. The smallest absolute Gasteiger partial charge is 0.339 e. The van der Waals surface area contributed by atoms with Gasteiger partial charge in [-0.1, -0.05) is 0 Å². The Morgan fingerprint density at radius 1 is 1.59 bits per heavy atom. The molecular weight excluding hydrogens is 218 g/mol. The van der Waals surface area contributed by atoms with E-state index in [1.165, 1.54) is 0 Å². The van der Waals surface area contributed by atoms with E-state index in [4.69, 9.17) is 5.26 Å². The summed E-state index contributed by atoms with van der Waals surface area (Å²) in [5.41, 5.74) is 1.66. The first-order valence-corrected chi connectivity index (χ1v) is 5.27. The van der Waals surface area contributed by atoms with Crippen LogP contribution in [-0.2, 0) is 0 Å². The molecule has 5 nitrogen and oxygen atoms in total. The number of anilines is 1. The lowest BCUT2D eigenvalue weighted by molar-refractivity contribution is 0.0696. The molecule has 0 saturated heterocycles. The van der Waals surface area contributed by atoms with Crippen molar-refractivity contribution in [3.05, 3.63) is 22.9 Å². The maximum absolute atomic E-state index is 11.2. The molecule has 17 heavy (non-hydrogen) atoms. The highest BCUT2D eigenvalue weighted by Crippen LogP contribution is 2.21. The number of carbonyl (C=O) groups is 1. The van der Waals surface area contributed by atoms with Crippen LogP contribution in [0.25, 0.3) is 0 Å². The van der Waals surface area contributed by atoms with Crippen LogP contribution in [0, 0.1) is 25.2 Å². The predicted molar refractivity (Wildman–Crippen MR) is 64.2 cm³/mol. The van der Waals surface area contributed by atoms with Crippen molar-refractivity contribution in [2.45, 2.75) is 20.3 Å². The molecule has 0 atom stereocenters. The van der Waals surface area contributed by atoms with Crippen LogP contribution in [0.15, 0.2) is 6.07 Å². The van der Waals surface area contributed by atoms with Crippen LogP contribution in [0.3, 0.4) is 0 Å². The Morgan fingerprint density at radius 2 is 2.24 bits per heavy atom. The topological polar surface area (TPSA) is 77.2 Å². The van der Waals surface area contributed by atoms with Gasteiger partial charge in [0.15, 0.2) is 0 Å². The quantitative estimate of drug-likeness (QED) is 0.857. The Balaban J connectivity index is 3.21. The molecule has 0 fully saturated rings. The van der Waals surface area contributed by atoms with Crippen molar-refractivity contribution < 1.29 is 9.90 Å². The van der Waals surface area contributed by atoms with Gasteiger partial charge >= 0.3 is 5.97 Å². The number of aromatic nitrogens is 1. The number of pyridine rings is 1. The second kappa shape index (κ2) is 5.30. The maximum Gasteiger partial charge on any atom is 0.339 e. The summed E-state index contributed by atoms with van der Waals surface area (Å²) in [5, 5.41) is 17.7. The minimum Gasteiger partial charge on any atom is -0.478 e. The molecule has 0 aliphatic heterocycles. The molecule has 0 amide bonds. The molecule has 0 bridgehead atoms. The van der Waals surface area contributed by atoms with E-state index in [0.717, 1.165) is 5.69 Å². The SMILES string of the molecule is Cc1cc(C)c(C(=O)O)c(N(C)CCC#N)n1. The average molecular weight is 233 g/mol. The Labute approximate surface area is 100 Å². The zero-order valence-electron chi connectivity index (χ0n) is 10.2. The Hall–Kier alpha value is -2.09. The van der Waals surface area contributed by atoms with Crippen molar-refractivity contribution in [2.75, 3.05) is 18.5 Å². The molecule has 90 valence electrons. The lowest BCUT2D eigenvalue weighted by Crippen LogP contribution is -2.23. The fraction of sp³-hybridized carbons (Fsp3) is 0.417. The number of aryl methyl sites for hydroxylation is 2. The third-order valence-electron chi connectivity index (χ3n) is 2.46. The number of hydrogen-bond donors (Lipinski definition) is 1. The molecule has 1 aromatic rings. The van der Waals surface area contributed by atoms with Gasteiger partial charge in [-0.3, -0.25) is 0 Å². The van der Waals surface area contributed by atoms with Crippen LogP contribution >= 0.6 is 0 Å². The van der Waals surface area contributed by atoms with E-state index in [-0.39, 0.29) is 5.56 Å². The van der Waals surface area contributed by atoms with Gasteiger partial charge in [0.25, 0.3) is 0 Å². The summed E-state index contributed by atoms with van der Waals surface area (Å²) >= 11 is 0. The molecule has 5 heteroatoms. The molecule has 1 heterocycles. The normalized spacial score (nSPS) is 9.76. The van der Waals surface area contributed by atoms with Crippen molar-refractivity contribution in [3.63, 3.8) is 0 Å². The highest BCUT2D eigenvalue weighted by atomic mass is 16.4. The van der Waals surface area contributed by atoms with Crippen molar-refractivity contribution >= 4 is 11.8 Å². The third kappa shape index (κ3) is 2.94. The number of rotatable bonds is 4. The minimum atomic E-state index is -0.992. The molecule has 1 rings (SSSR count). The Kier molecular flexibility index (Phi) is 4.05. The van der Waals surface area contributed by atoms with Gasteiger partial charge < -0.3 is 10.0 Å². The molecule has 1 aromatic heterocycles. The lowest BCUT2D eigenvalue weighted by Gasteiger charge is -2.20. The van der Waals surface area contributed by atoms with E-state index < -0.39 is 5.97 Å². The standard InChI is InChI=1S/C12H15N3O2/c1-8-7-9(2)14-11(10(8)12(16)17)15(3)6-4-5-13/h7H,4,6H2,1-3H3,(H,16,17). The summed E-state index contributed by atoms with van der Waals surface area (Å²) in [5.74, 6) is -0.570. The number of aromatic carboxylic acids is 1. The predicted octanol–water partition coefficient (Wildman–Crippen LogP) is 1.75. The summed E-state index contributed by atoms with van der Waals surface area (Å²) < 4.78 is 0. The van der Waals surface area contributed by atoms with E-state index in [1.807, 2.05) is 13.0 Å². The van der Waals surface area contributed by atoms with Gasteiger partial charge in [0, 0.05) is 19.3 Å². The zero-order chi connectivity index (χ0) is 13.0. The van der Waals surface area contributed by atoms with Crippen LogP contribution < -0.4 is 4.90 Å². The maximum atomic E-state index is 11.2. The third-order valence-corrected chi connectivity index (χ3v) is 2.46. The van der Waals surface area contributed by atoms with Crippen molar-refractivity contribution in [1.29, 1.82) is 5.26 Å². The van der Waals surface area contributed by atoms with Crippen LogP contribution in [0.2, 0.25) is 0 Å². The van der Waals surface area contributed by atoms with E-state index >= 15 is 0 Å². The van der Waals surface area contributed by atoms with Crippen LogP contribution in [0.5, 0.6) is 0 Å². The van der Waals surface area contributed by atoms with Gasteiger partial charge in [0.2, 0.25) is 0 Å². The van der Waals surface area contributed by atoms with Crippen molar-refractivity contribution in [2.24, 2.45) is 0 Å². The number of nitriles is 1. The fourth-order valence-corrected chi connectivity index (χ4v) is 1.68. The molecule has 0 unspecified atom stereocenters. The lowest BCUT2D eigenvalue weighted by atomic mass is 10.1.